The molecule has 4 rings (SSSR count). The van der Waals surface area contributed by atoms with E-state index in [2.05, 4.69) is 21.2 Å². The predicted octanol–water partition coefficient (Wildman–Crippen LogP) is 5.82. The van der Waals surface area contributed by atoms with Gasteiger partial charge in [0.25, 0.3) is 10.0 Å². The number of carbonyl (C=O) groups excluding carboxylic acids is 2. The van der Waals surface area contributed by atoms with Crippen molar-refractivity contribution in [3.05, 3.63) is 94.5 Å². The molecule has 3 aromatic rings. The van der Waals surface area contributed by atoms with Crippen molar-refractivity contribution in [3.63, 3.8) is 0 Å². The van der Waals surface area contributed by atoms with Crippen molar-refractivity contribution >= 4 is 43.5 Å². The Balaban J connectivity index is 1.67. The van der Waals surface area contributed by atoms with Gasteiger partial charge in [-0.2, -0.15) is 0 Å². The van der Waals surface area contributed by atoms with Crippen LogP contribution in [0.1, 0.15) is 50.2 Å². The Labute approximate surface area is 245 Å². The van der Waals surface area contributed by atoms with Gasteiger partial charge in [0.2, 0.25) is 11.8 Å². The van der Waals surface area contributed by atoms with E-state index in [-0.39, 0.29) is 23.4 Å². The van der Waals surface area contributed by atoms with Crippen molar-refractivity contribution < 1.29 is 18.0 Å². The van der Waals surface area contributed by atoms with Crippen molar-refractivity contribution in [2.75, 3.05) is 10.8 Å². The minimum atomic E-state index is -4.08. The molecule has 0 aliphatic heterocycles. The number of carbonyl (C=O) groups is 2. The minimum absolute atomic E-state index is 0.0799. The average Bonchev–Trinajstić information content (AvgIpc) is 2.96. The molecule has 0 aromatic heterocycles. The Morgan fingerprint density at radius 2 is 1.62 bits per heavy atom. The zero-order valence-corrected chi connectivity index (χ0v) is 25.3. The van der Waals surface area contributed by atoms with Crippen LogP contribution in [0.15, 0.2) is 88.2 Å². The summed E-state index contributed by atoms with van der Waals surface area (Å²) in [7, 11) is -4.08. The monoisotopic (exact) mass is 625 g/mol. The average molecular weight is 627 g/mol. The molecule has 0 heterocycles. The lowest BCUT2D eigenvalue weighted by molar-refractivity contribution is -0.139. The van der Waals surface area contributed by atoms with Crippen molar-refractivity contribution in [1.82, 2.24) is 10.2 Å². The van der Waals surface area contributed by atoms with Crippen LogP contribution < -0.4 is 9.62 Å². The molecule has 0 radical (unpaired) electrons. The second kappa shape index (κ2) is 13.5. The van der Waals surface area contributed by atoms with E-state index < -0.39 is 28.5 Å². The SMILES string of the molecule is Cc1ccccc1CN(C(=O)CN(c1cccc(Br)c1)S(=O)(=O)c1ccccc1)[C@H](C)C(=O)NC1CCCCC1. The van der Waals surface area contributed by atoms with Crippen LogP contribution in [0.3, 0.4) is 0 Å². The number of nitrogens with one attached hydrogen (secondary N) is 1. The van der Waals surface area contributed by atoms with Gasteiger partial charge in [0.15, 0.2) is 0 Å². The van der Waals surface area contributed by atoms with Gasteiger partial charge < -0.3 is 10.2 Å². The van der Waals surface area contributed by atoms with Gasteiger partial charge in [0.1, 0.15) is 12.6 Å². The second-order valence-electron chi connectivity index (χ2n) is 10.3. The molecule has 1 atom stereocenters. The summed E-state index contributed by atoms with van der Waals surface area (Å²) in [6.45, 7) is 3.39. The molecule has 1 aliphatic rings. The number of aryl methyl sites for hydroxylation is 1. The van der Waals surface area contributed by atoms with E-state index in [0.29, 0.717) is 10.2 Å². The largest absolute Gasteiger partial charge is 0.352 e. The van der Waals surface area contributed by atoms with Gasteiger partial charge >= 0.3 is 0 Å². The first-order chi connectivity index (χ1) is 19.2. The fourth-order valence-electron chi connectivity index (χ4n) is 5.00. The molecule has 1 fully saturated rings. The number of nitrogens with zero attached hydrogens (tertiary/aromatic N) is 2. The molecular formula is C31H36BrN3O4S. The zero-order chi connectivity index (χ0) is 28.7. The summed E-state index contributed by atoms with van der Waals surface area (Å²) in [5, 5.41) is 3.13. The highest BCUT2D eigenvalue weighted by Gasteiger charge is 2.33. The van der Waals surface area contributed by atoms with Crippen molar-refractivity contribution in [3.8, 4) is 0 Å². The molecule has 1 saturated carbocycles. The third kappa shape index (κ3) is 7.31. The van der Waals surface area contributed by atoms with Gasteiger partial charge in [-0.25, -0.2) is 8.42 Å². The quantitative estimate of drug-likeness (QED) is 0.308. The highest BCUT2D eigenvalue weighted by atomic mass is 79.9. The van der Waals surface area contributed by atoms with Gasteiger partial charge in [0, 0.05) is 17.1 Å². The van der Waals surface area contributed by atoms with E-state index in [9.17, 15) is 18.0 Å². The lowest BCUT2D eigenvalue weighted by Crippen LogP contribution is -2.53. The van der Waals surface area contributed by atoms with E-state index in [1.165, 1.54) is 23.5 Å². The van der Waals surface area contributed by atoms with Crippen LogP contribution in [0.25, 0.3) is 0 Å². The third-order valence-corrected chi connectivity index (χ3v) is 9.71. The molecule has 0 bridgehead atoms. The lowest BCUT2D eigenvalue weighted by atomic mass is 9.95. The third-order valence-electron chi connectivity index (χ3n) is 7.43. The molecule has 0 spiro atoms. The Hall–Kier alpha value is -3.17. The van der Waals surface area contributed by atoms with E-state index in [4.69, 9.17) is 0 Å². The smallest absolute Gasteiger partial charge is 0.264 e. The molecular weight excluding hydrogens is 590 g/mol. The Morgan fingerprint density at radius 3 is 2.30 bits per heavy atom. The number of halogens is 1. The molecule has 7 nitrogen and oxygen atoms in total. The van der Waals surface area contributed by atoms with Crippen molar-refractivity contribution in [2.24, 2.45) is 0 Å². The zero-order valence-electron chi connectivity index (χ0n) is 22.9. The molecule has 0 saturated heterocycles. The summed E-state index contributed by atoms with van der Waals surface area (Å²) in [4.78, 5) is 29.1. The summed E-state index contributed by atoms with van der Waals surface area (Å²) in [5.41, 5.74) is 2.23. The van der Waals surface area contributed by atoms with E-state index in [0.717, 1.165) is 41.1 Å². The van der Waals surface area contributed by atoms with Crippen LogP contribution in [-0.4, -0.2) is 43.8 Å². The van der Waals surface area contributed by atoms with Crippen molar-refractivity contribution in [2.45, 2.75) is 69.5 Å². The summed E-state index contributed by atoms with van der Waals surface area (Å²) in [6.07, 6.45) is 5.17. The molecule has 212 valence electrons. The molecule has 3 aromatic carbocycles. The topological polar surface area (TPSA) is 86.8 Å². The number of anilines is 1. The van der Waals surface area contributed by atoms with Crippen LogP contribution in [0.2, 0.25) is 0 Å². The highest BCUT2D eigenvalue weighted by Crippen LogP contribution is 2.27. The molecule has 9 heteroatoms. The van der Waals surface area contributed by atoms with Crippen LogP contribution >= 0.6 is 15.9 Å². The normalized spacial score (nSPS) is 14.8. The lowest BCUT2D eigenvalue weighted by Gasteiger charge is -2.33. The fraction of sp³-hybridized carbons (Fsp3) is 0.355. The minimum Gasteiger partial charge on any atom is -0.352 e. The number of sulfonamides is 1. The van der Waals surface area contributed by atoms with E-state index in [1.807, 2.05) is 31.2 Å². The van der Waals surface area contributed by atoms with Crippen LogP contribution in [0.4, 0.5) is 5.69 Å². The Bertz CT molecular complexity index is 1430. The maximum absolute atomic E-state index is 14.1. The Morgan fingerprint density at radius 1 is 0.950 bits per heavy atom. The highest BCUT2D eigenvalue weighted by molar-refractivity contribution is 9.10. The second-order valence-corrected chi connectivity index (χ2v) is 13.1. The number of hydrogen-bond donors (Lipinski definition) is 1. The summed E-state index contributed by atoms with van der Waals surface area (Å²) in [6, 6.07) is 21.9. The predicted molar refractivity (Wildman–Crippen MR) is 161 cm³/mol. The summed E-state index contributed by atoms with van der Waals surface area (Å²) >= 11 is 3.42. The number of benzene rings is 3. The molecule has 1 N–H and O–H groups in total. The number of hydrogen-bond acceptors (Lipinski definition) is 4. The van der Waals surface area contributed by atoms with E-state index in [1.54, 1.807) is 49.4 Å². The maximum Gasteiger partial charge on any atom is 0.264 e. The molecule has 1 aliphatic carbocycles. The van der Waals surface area contributed by atoms with Crippen LogP contribution in [0, 0.1) is 6.92 Å². The summed E-state index contributed by atoms with van der Waals surface area (Å²) in [5.74, 6) is -0.692. The number of rotatable bonds is 10. The first-order valence-corrected chi connectivity index (χ1v) is 15.9. The van der Waals surface area contributed by atoms with Gasteiger partial charge in [-0.1, -0.05) is 83.7 Å². The fourth-order valence-corrected chi connectivity index (χ4v) is 6.82. The first kappa shape index (κ1) is 29.8. The van der Waals surface area contributed by atoms with E-state index >= 15 is 0 Å². The number of amides is 2. The van der Waals surface area contributed by atoms with Crippen LogP contribution in [0.5, 0.6) is 0 Å². The maximum atomic E-state index is 14.1. The molecule has 0 unspecified atom stereocenters. The van der Waals surface area contributed by atoms with Crippen molar-refractivity contribution in [1.29, 1.82) is 0 Å². The van der Waals surface area contributed by atoms with Gasteiger partial charge in [-0.05, 0) is 68.1 Å². The molecule has 40 heavy (non-hydrogen) atoms. The standard InChI is InChI=1S/C31H36BrN3O4S/c1-23-12-9-10-13-25(23)21-34(24(2)31(37)33-27-15-5-3-6-16-27)30(36)22-35(28-17-11-14-26(32)20-28)40(38,39)29-18-7-4-8-19-29/h4,7-14,17-20,24,27H,3,5-6,15-16,21-22H2,1-2H3,(H,33,37)/t24-/m1/s1. The molecule has 2 amide bonds. The Kier molecular flexibility index (Phi) is 10.0. The van der Waals surface area contributed by atoms with Gasteiger partial charge in [-0.3, -0.25) is 13.9 Å². The van der Waals surface area contributed by atoms with Gasteiger partial charge in [0.05, 0.1) is 10.6 Å². The summed E-state index contributed by atoms with van der Waals surface area (Å²) < 4.78 is 29.5. The first-order valence-electron chi connectivity index (χ1n) is 13.6. The van der Waals surface area contributed by atoms with Gasteiger partial charge in [-0.15, -0.1) is 0 Å². The van der Waals surface area contributed by atoms with Crippen LogP contribution in [-0.2, 0) is 26.2 Å².